The van der Waals surface area contributed by atoms with Gasteiger partial charge in [-0.25, -0.2) is 14.8 Å². The number of nitrogens with one attached hydrogen (secondary N) is 1. The van der Waals surface area contributed by atoms with Gasteiger partial charge < -0.3 is 25.6 Å². The quantitative estimate of drug-likeness (QED) is 0.773. The molecule has 1 fully saturated rings. The second-order valence-electron chi connectivity index (χ2n) is 6.80. The van der Waals surface area contributed by atoms with E-state index in [0.717, 1.165) is 37.4 Å². The standard InChI is InChI=1S/C19H26N6O2/c1-24-10-8-15(9-11-24)25(2)18-16(20)17(21-12-22-18)23-14-6-4-13(5-7-14)19(26)27-3/h4-7,12,15H,8-11,20H2,1-3H3,(H,21,22,23). The highest BCUT2D eigenvalue weighted by Gasteiger charge is 2.23. The Morgan fingerprint density at radius 1 is 1.26 bits per heavy atom. The lowest BCUT2D eigenvalue weighted by atomic mass is 10.0. The molecule has 0 unspecified atom stereocenters. The number of hydrogen-bond acceptors (Lipinski definition) is 8. The zero-order chi connectivity index (χ0) is 19.4. The number of carbonyl (C=O) groups excluding carboxylic acids is 1. The summed E-state index contributed by atoms with van der Waals surface area (Å²) < 4.78 is 4.71. The van der Waals surface area contributed by atoms with Crippen LogP contribution in [0.25, 0.3) is 0 Å². The number of piperidine rings is 1. The van der Waals surface area contributed by atoms with E-state index >= 15 is 0 Å². The van der Waals surface area contributed by atoms with Crippen LogP contribution in [-0.2, 0) is 4.74 Å². The molecular formula is C19H26N6O2. The number of aromatic nitrogens is 2. The Morgan fingerprint density at radius 2 is 1.93 bits per heavy atom. The Balaban J connectivity index is 1.75. The van der Waals surface area contributed by atoms with Crippen LogP contribution in [0.2, 0.25) is 0 Å². The maximum Gasteiger partial charge on any atom is 0.337 e. The van der Waals surface area contributed by atoms with Crippen molar-refractivity contribution in [2.75, 3.05) is 50.2 Å². The summed E-state index contributed by atoms with van der Waals surface area (Å²) in [5.41, 5.74) is 8.13. The Bertz CT molecular complexity index is 787. The van der Waals surface area contributed by atoms with Crippen molar-refractivity contribution in [1.82, 2.24) is 14.9 Å². The maximum atomic E-state index is 11.5. The van der Waals surface area contributed by atoms with E-state index in [-0.39, 0.29) is 5.97 Å². The molecule has 0 radical (unpaired) electrons. The highest BCUT2D eigenvalue weighted by molar-refractivity contribution is 5.90. The number of nitrogen functional groups attached to an aromatic ring is 1. The van der Waals surface area contributed by atoms with Crippen LogP contribution in [0.15, 0.2) is 30.6 Å². The minimum atomic E-state index is -0.370. The molecule has 0 atom stereocenters. The number of ether oxygens (including phenoxy) is 1. The molecule has 0 spiro atoms. The molecule has 1 aromatic heterocycles. The van der Waals surface area contributed by atoms with Gasteiger partial charge in [0.1, 0.15) is 12.0 Å². The topological polar surface area (TPSA) is 96.6 Å². The molecule has 1 aliphatic rings. The summed E-state index contributed by atoms with van der Waals surface area (Å²) in [7, 11) is 5.53. The van der Waals surface area contributed by atoms with Crippen molar-refractivity contribution in [3.05, 3.63) is 36.2 Å². The van der Waals surface area contributed by atoms with Gasteiger partial charge in [-0.3, -0.25) is 0 Å². The molecule has 0 saturated carbocycles. The zero-order valence-electron chi connectivity index (χ0n) is 16.0. The second kappa shape index (κ2) is 8.22. The summed E-state index contributed by atoms with van der Waals surface area (Å²) in [5, 5.41) is 3.20. The predicted molar refractivity (Wildman–Crippen MR) is 106 cm³/mol. The fourth-order valence-corrected chi connectivity index (χ4v) is 3.27. The number of hydrogen-bond donors (Lipinski definition) is 2. The Labute approximate surface area is 159 Å². The minimum absolute atomic E-state index is 0.370. The first kappa shape index (κ1) is 18.9. The Kier molecular flexibility index (Phi) is 5.75. The van der Waals surface area contributed by atoms with Crippen LogP contribution >= 0.6 is 0 Å². The van der Waals surface area contributed by atoms with Crippen LogP contribution in [-0.4, -0.2) is 61.2 Å². The molecule has 0 aliphatic carbocycles. The van der Waals surface area contributed by atoms with Crippen molar-refractivity contribution < 1.29 is 9.53 Å². The van der Waals surface area contributed by atoms with E-state index in [2.05, 4.69) is 32.1 Å². The Morgan fingerprint density at radius 3 is 2.56 bits per heavy atom. The molecule has 27 heavy (non-hydrogen) atoms. The highest BCUT2D eigenvalue weighted by Crippen LogP contribution is 2.30. The first-order valence-electron chi connectivity index (χ1n) is 8.97. The average Bonchev–Trinajstić information content (AvgIpc) is 2.69. The van der Waals surface area contributed by atoms with E-state index in [1.165, 1.54) is 13.4 Å². The normalized spacial score (nSPS) is 15.4. The van der Waals surface area contributed by atoms with Gasteiger partial charge in [0.25, 0.3) is 0 Å². The fraction of sp³-hybridized carbons (Fsp3) is 0.421. The van der Waals surface area contributed by atoms with E-state index in [0.29, 0.717) is 23.1 Å². The van der Waals surface area contributed by atoms with Crippen molar-refractivity contribution in [1.29, 1.82) is 0 Å². The number of likely N-dealkylation sites (tertiary alicyclic amines) is 1. The van der Waals surface area contributed by atoms with Crippen molar-refractivity contribution in [2.24, 2.45) is 0 Å². The number of anilines is 4. The zero-order valence-corrected chi connectivity index (χ0v) is 16.0. The van der Waals surface area contributed by atoms with Crippen LogP contribution in [0.5, 0.6) is 0 Å². The smallest absolute Gasteiger partial charge is 0.337 e. The number of nitrogens with zero attached hydrogens (tertiary/aromatic N) is 4. The molecule has 1 saturated heterocycles. The van der Waals surface area contributed by atoms with Crippen LogP contribution in [0.3, 0.4) is 0 Å². The van der Waals surface area contributed by atoms with Gasteiger partial charge in [0.05, 0.1) is 12.7 Å². The van der Waals surface area contributed by atoms with Crippen molar-refractivity contribution in [2.45, 2.75) is 18.9 Å². The molecule has 0 amide bonds. The number of esters is 1. The lowest BCUT2D eigenvalue weighted by Crippen LogP contribution is -2.42. The molecule has 3 N–H and O–H groups in total. The predicted octanol–water partition coefficient (Wildman–Crippen LogP) is 2.12. The van der Waals surface area contributed by atoms with E-state index in [9.17, 15) is 4.79 Å². The average molecular weight is 370 g/mol. The van der Waals surface area contributed by atoms with Crippen LogP contribution < -0.4 is 16.0 Å². The van der Waals surface area contributed by atoms with Gasteiger partial charge in [0.15, 0.2) is 11.6 Å². The molecule has 1 aliphatic heterocycles. The van der Waals surface area contributed by atoms with Gasteiger partial charge in [-0.05, 0) is 57.2 Å². The molecule has 8 heteroatoms. The second-order valence-corrected chi connectivity index (χ2v) is 6.80. The third-order valence-electron chi connectivity index (χ3n) is 5.00. The number of carbonyl (C=O) groups is 1. The maximum absolute atomic E-state index is 11.5. The van der Waals surface area contributed by atoms with Gasteiger partial charge >= 0.3 is 5.97 Å². The summed E-state index contributed by atoms with van der Waals surface area (Å²) >= 11 is 0. The first-order chi connectivity index (χ1) is 13.0. The summed E-state index contributed by atoms with van der Waals surface area (Å²) in [6.45, 7) is 2.13. The lowest BCUT2D eigenvalue weighted by molar-refractivity contribution is 0.0601. The largest absolute Gasteiger partial charge is 0.465 e. The summed E-state index contributed by atoms with van der Waals surface area (Å²) in [6, 6.07) is 7.36. The van der Waals surface area contributed by atoms with Crippen molar-refractivity contribution in [3.8, 4) is 0 Å². The van der Waals surface area contributed by atoms with Crippen molar-refractivity contribution in [3.63, 3.8) is 0 Å². The van der Waals surface area contributed by atoms with Crippen LogP contribution in [0, 0.1) is 0 Å². The third kappa shape index (κ3) is 4.28. The van der Waals surface area contributed by atoms with Gasteiger partial charge in [-0.2, -0.15) is 0 Å². The van der Waals surface area contributed by atoms with Gasteiger partial charge in [-0.15, -0.1) is 0 Å². The molecule has 8 nitrogen and oxygen atoms in total. The molecule has 144 valence electrons. The molecule has 3 rings (SSSR count). The number of methoxy groups -OCH3 is 1. The van der Waals surface area contributed by atoms with Gasteiger partial charge in [0.2, 0.25) is 0 Å². The molecule has 0 bridgehead atoms. The van der Waals surface area contributed by atoms with E-state index in [1.54, 1.807) is 24.3 Å². The van der Waals surface area contributed by atoms with Crippen LogP contribution in [0.4, 0.5) is 23.0 Å². The molecule has 2 heterocycles. The number of benzene rings is 1. The third-order valence-corrected chi connectivity index (χ3v) is 5.00. The molecular weight excluding hydrogens is 344 g/mol. The van der Waals surface area contributed by atoms with Crippen molar-refractivity contribution >= 4 is 29.0 Å². The lowest BCUT2D eigenvalue weighted by Gasteiger charge is -2.36. The van der Waals surface area contributed by atoms with Gasteiger partial charge in [0, 0.05) is 18.8 Å². The summed E-state index contributed by atoms with van der Waals surface area (Å²) in [6.07, 6.45) is 3.67. The van der Waals surface area contributed by atoms with E-state index < -0.39 is 0 Å². The summed E-state index contributed by atoms with van der Waals surface area (Å²) in [4.78, 5) is 24.7. The van der Waals surface area contributed by atoms with Gasteiger partial charge in [-0.1, -0.05) is 0 Å². The SMILES string of the molecule is COC(=O)c1ccc(Nc2ncnc(N(C)C3CCN(C)CC3)c2N)cc1. The Hall–Kier alpha value is -2.87. The molecule has 1 aromatic carbocycles. The minimum Gasteiger partial charge on any atom is -0.465 e. The first-order valence-corrected chi connectivity index (χ1v) is 8.97. The number of rotatable bonds is 5. The fourth-order valence-electron chi connectivity index (χ4n) is 3.27. The number of nitrogens with two attached hydrogens (primary N) is 1. The van der Waals surface area contributed by atoms with Crippen LogP contribution in [0.1, 0.15) is 23.2 Å². The highest BCUT2D eigenvalue weighted by atomic mass is 16.5. The van der Waals surface area contributed by atoms with E-state index in [4.69, 9.17) is 10.5 Å². The monoisotopic (exact) mass is 370 g/mol. The van der Waals surface area contributed by atoms with E-state index in [1.807, 2.05) is 7.05 Å². The molecule has 2 aromatic rings. The summed E-state index contributed by atoms with van der Waals surface area (Å²) in [5.74, 6) is 0.906.